The van der Waals surface area contributed by atoms with Crippen molar-refractivity contribution in [1.82, 2.24) is 9.88 Å². The van der Waals surface area contributed by atoms with E-state index in [-0.39, 0.29) is 5.92 Å². The van der Waals surface area contributed by atoms with Gasteiger partial charge in [0.05, 0.1) is 0 Å². The Kier molecular flexibility index (Phi) is 3.98. The molecule has 1 aliphatic rings. The number of likely N-dealkylation sites (tertiary alicyclic amines) is 1. The average Bonchev–Trinajstić information content (AvgIpc) is 3.17. The summed E-state index contributed by atoms with van der Waals surface area (Å²) < 4.78 is 32.2. The molecule has 2 heterocycles. The lowest BCUT2D eigenvalue weighted by molar-refractivity contribution is 0.320. The van der Waals surface area contributed by atoms with Crippen LogP contribution >= 0.6 is 11.6 Å². The van der Waals surface area contributed by atoms with E-state index >= 15 is 0 Å². The molecule has 1 saturated heterocycles. The lowest BCUT2D eigenvalue weighted by Crippen LogP contribution is -2.20. The second kappa shape index (κ2) is 6.15. The highest BCUT2D eigenvalue weighted by atomic mass is 35.5. The first-order valence-corrected chi connectivity index (χ1v) is 8.18. The molecule has 2 aromatic carbocycles. The van der Waals surface area contributed by atoms with Gasteiger partial charge < -0.3 is 4.42 Å². The molecule has 1 fully saturated rings. The molecule has 1 aliphatic heterocycles. The topological polar surface area (TPSA) is 29.3 Å². The molecule has 3 aromatic rings. The monoisotopic (exact) mass is 348 g/mol. The van der Waals surface area contributed by atoms with E-state index in [1.54, 1.807) is 18.2 Å². The Morgan fingerprint density at radius 1 is 1.17 bits per heavy atom. The molecule has 1 aromatic heterocycles. The molecule has 24 heavy (non-hydrogen) atoms. The van der Waals surface area contributed by atoms with E-state index in [9.17, 15) is 8.78 Å². The van der Waals surface area contributed by atoms with Crippen LogP contribution in [0.3, 0.4) is 0 Å². The van der Waals surface area contributed by atoms with Crippen molar-refractivity contribution in [3.8, 4) is 0 Å². The molecule has 0 amide bonds. The van der Waals surface area contributed by atoms with Gasteiger partial charge in [-0.1, -0.05) is 17.7 Å². The van der Waals surface area contributed by atoms with E-state index in [1.165, 1.54) is 12.1 Å². The second-order valence-corrected chi connectivity index (χ2v) is 6.57. The summed E-state index contributed by atoms with van der Waals surface area (Å²) in [7, 11) is 0. The molecule has 0 unspecified atom stereocenters. The molecule has 0 aliphatic carbocycles. The lowest BCUT2D eigenvalue weighted by atomic mass is 10.1. The molecule has 3 nitrogen and oxygen atoms in total. The molecule has 124 valence electrons. The van der Waals surface area contributed by atoms with Crippen molar-refractivity contribution in [1.29, 1.82) is 0 Å². The molecule has 0 N–H and O–H groups in total. The third-order valence-corrected chi connectivity index (χ3v) is 4.61. The molecule has 0 bridgehead atoms. The fraction of sp³-hybridized carbons (Fsp3) is 0.278. The fourth-order valence-corrected chi connectivity index (χ4v) is 3.33. The van der Waals surface area contributed by atoms with Gasteiger partial charge in [-0.25, -0.2) is 13.8 Å². The Hall–Kier alpha value is -1.98. The summed E-state index contributed by atoms with van der Waals surface area (Å²) in [6.45, 7) is 2.22. The van der Waals surface area contributed by atoms with E-state index in [4.69, 9.17) is 16.0 Å². The van der Waals surface area contributed by atoms with Gasteiger partial charge in [-0.3, -0.25) is 4.90 Å². The van der Waals surface area contributed by atoms with Crippen LogP contribution in [-0.4, -0.2) is 23.0 Å². The highest BCUT2D eigenvalue weighted by Gasteiger charge is 2.28. The zero-order valence-electron chi connectivity index (χ0n) is 12.8. The van der Waals surface area contributed by atoms with Crippen LogP contribution in [0, 0.1) is 11.6 Å². The third kappa shape index (κ3) is 3.01. The Morgan fingerprint density at radius 2 is 2.04 bits per heavy atom. The van der Waals surface area contributed by atoms with Crippen molar-refractivity contribution in [3.05, 3.63) is 64.5 Å². The highest BCUT2D eigenvalue weighted by Crippen LogP contribution is 2.31. The first kappa shape index (κ1) is 15.5. The highest BCUT2D eigenvalue weighted by molar-refractivity contribution is 6.31. The number of halogens is 3. The molecular formula is C18H15ClF2N2O. The van der Waals surface area contributed by atoms with Gasteiger partial charge in [0.1, 0.15) is 5.52 Å². The average molecular weight is 349 g/mol. The minimum Gasteiger partial charge on any atom is -0.440 e. The van der Waals surface area contributed by atoms with Gasteiger partial charge in [0, 0.05) is 24.0 Å². The van der Waals surface area contributed by atoms with Crippen molar-refractivity contribution in [2.45, 2.75) is 18.9 Å². The van der Waals surface area contributed by atoms with Crippen LogP contribution in [-0.2, 0) is 6.54 Å². The predicted molar refractivity (Wildman–Crippen MR) is 88.0 cm³/mol. The van der Waals surface area contributed by atoms with Crippen LogP contribution in [0.4, 0.5) is 8.78 Å². The summed E-state index contributed by atoms with van der Waals surface area (Å²) in [5.41, 5.74) is 2.25. The number of aromatic nitrogens is 1. The van der Waals surface area contributed by atoms with Crippen LogP contribution < -0.4 is 0 Å². The standard InChI is InChI=1S/C18H15ClF2N2O/c19-13-2-4-17-16(8-13)22-18(24-17)12-5-6-23(10-12)9-11-1-3-14(20)15(21)7-11/h1-4,7-8,12H,5-6,9-10H2/t12-/m0/s1. The maximum absolute atomic E-state index is 13.3. The Balaban J connectivity index is 1.47. The van der Waals surface area contributed by atoms with Gasteiger partial charge in [-0.15, -0.1) is 0 Å². The Morgan fingerprint density at radius 3 is 2.88 bits per heavy atom. The molecule has 0 spiro atoms. The first-order valence-electron chi connectivity index (χ1n) is 7.81. The van der Waals surface area contributed by atoms with Crippen molar-refractivity contribution in [2.24, 2.45) is 0 Å². The summed E-state index contributed by atoms with van der Waals surface area (Å²) in [6, 6.07) is 9.43. The fourth-order valence-electron chi connectivity index (χ4n) is 3.17. The van der Waals surface area contributed by atoms with Crippen molar-refractivity contribution >= 4 is 22.7 Å². The number of hydrogen-bond donors (Lipinski definition) is 0. The van der Waals surface area contributed by atoms with Gasteiger partial charge in [0.15, 0.2) is 23.1 Å². The Labute approximate surface area is 142 Å². The summed E-state index contributed by atoms with van der Waals surface area (Å²) in [5.74, 6) is -0.719. The van der Waals surface area contributed by atoms with E-state index < -0.39 is 11.6 Å². The van der Waals surface area contributed by atoms with Gasteiger partial charge >= 0.3 is 0 Å². The molecule has 6 heteroatoms. The number of fused-ring (bicyclic) bond motifs is 1. The minimum atomic E-state index is -0.816. The van der Waals surface area contributed by atoms with E-state index in [2.05, 4.69) is 9.88 Å². The van der Waals surface area contributed by atoms with Crippen LogP contribution in [0.2, 0.25) is 5.02 Å². The normalized spacial score (nSPS) is 18.5. The largest absolute Gasteiger partial charge is 0.440 e. The van der Waals surface area contributed by atoms with Gasteiger partial charge in [0.2, 0.25) is 0 Å². The molecular weight excluding hydrogens is 334 g/mol. The van der Waals surface area contributed by atoms with E-state index in [0.717, 1.165) is 36.2 Å². The lowest BCUT2D eigenvalue weighted by Gasteiger charge is -2.15. The molecule has 0 saturated carbocycles. The number of nitrogens with zero attached hydrogens (tertiary/aromatic N) is 2. The third-order valence-electron chi connectivity index (χ3n) is 4.38. The van der Waals surface area contributed by atoms with Crippen molar-refractivity contribution < 1.29 is 13.2 Å². The SMILES string of the molecule is Fc1ccc(CN2CC[C@H](c3nc4cc(Cl)ccc4o3)C2)cc1F. The zero-order valence-corrected chi connectivity index (χ0v) is 13.6. The van der Waals surface area contributed by atoms with Crippen LogP contribution in [0.1, 0.15) is 23.8 Å². The molecule has 1 atom stereocenters. The molecule has 4 rings (SSSR count). The summed E-state index contributed by atoms with van der Waals surface area (Å²) in [6.07, 6.45) is 0.921. The second-order valence-electron chi connectivity index (χ2n) is 6.13. The van der Waals surface area contributed by atoms with Gasteiger partial charge in [-0.2, -0.15) is 0 Å². The maximum Gasteiger partial charge on any atom is 0.199 e. The van der Waals surface area contributed by atoms with E-state index in [1.807, 2.05) is 6.07 Å². The number of benzene rings is 2. The predicted octanol–water partition coefficient (Wildman–Crippen LogP) is 4.75. The summed E-state index contributed by atoms with van der Waals surface area (Å²) in [5, 5.41) is 0.633. The number of rotatable bonds is 3. The quantitative estimate of drug-likeness (QED) is 0.684. The minimum absolute atomic E-state index is 0.196. The zero-order chi connectivity index (χ0) is 16.7. The summed E-state index contributed by atoms with van der Waals surface area (Å²) >= 11 is 5.98. The van der Waals surface area contributed by atoms with Crippen LogP contribution in [0.5, 0.6) is 0 Å². The van der Waals surface area contributed by atoms with Gasteiger partial charge in [-0.05, 0) is 48.9 Å². The maximum atomic E-state index is 13.3. The van der Waals surface area contributed by atoms with Gasteiger partial charge in [0.25, 0.3) is 0 Å². The summed E-state index contributed by atoms with van der Waals surface area (Å²) in [4.78, 5) is 6.73. The van der Waals surface area contributed by atoms with Crippen LogP contribution in [0.25, 0.3) is 11.1 Å². The number of oxazole rings is 1. The van der Waals surface area contributed by atoms with Crippen molar-refractivity contribution in [3.63, 3.8) is 0 Å². The first-order chi connectivity index (χ1) is 11.6. The smallest absolute Gasteiger partial charge is 0.199 e. The molecule has 0 radical (unpaired) electrons. The Bertz CT molecular complexity index is 896. The van der Waals surface area contributed by atoms with Crippen LogP contribution in [0.15, 0.2) is 40.8 Å². The van der Waals surface area contributed by atoms with Crippen molar-refractivity contribution in [2.75, 3.05) is 13.1 Å². The van der Waals surface area contributed by atoms with E-state index in [0.29, 0.717) is 17.5 Å². The number of hydrogen-bond acceptors (Lipinski definition) is 3.